The molecule has 1 amide bonds. The molecule has 1 heterocycles. The number of amides is 1. The Bertz CT molecular complexity index is 734. The SMILES string of the molecule is N#CCCCSc1cc(C(=O)NC2CC2)c2ccccc2n1. The van der Waals surface area contributed by atoms with Crippen molar-refractivity contribution >= 4 is 28.6 Å². The summed E-state index contributed by atoms with van der Waals surface area (Å²) in [6, 6.07) is 12.1. The van der Waals surface area contributed by atoms with Crippen molar-refractivity contribution in [3.8, 4) is 6.07 Å². The minimum absolute atomic E-state index is 0.0139. The molecule has 0 spiro atoms. The van der Waals surface area contributed by atoms with E-state index in [-0.39, 0.29) is 5.91 Å². The molecule has 0 radical (unpaired) electrons. The molecule has 1 aromatic carbocycles. The number of carbonyl (C=O) groups excluding carboxylic acids is 1. The molecule has 0 atom stereocenters. The zero-order valence-electron chi connectivity index (χ0n) is 12.2. The van der Waals surface area contributed by atoms with Crippen LogP contribution in [0.5, 0.6) is 0 Å². The van der Waals surface area contributed by atoms with Crippen LogP contribution in [0.15, 0.2) is 35.4 Å². The predicted molar refractivity (Wildman–Crippen MR) is 87.8 cm³/mol. The molecule has 1 saturated carbocycles. The minimum atomic E-state index is -0.0139. The van der Waals surface area contributed by atoms with Crippen molar-refractivity contribution in [1.82, 2.24) is 10.3 Å². The van der Waals surface area contributed by atoms with Crippen LogP contribution in [0, 0.1) is 11.3 Å². The molecule has 1 N–H and O–H groups in total. The van der Waals surface area contributed by atoms with Crippen molar-refractivity contribution in [2.45, 2.75) is 36.8 Å². The number of hydrogen-bond donors (Lipinski definition) is 1. The van der Waals surface area contributed by atoms with E-state index in [9.17, 15) is 4.79 Å². The highest BCUT2D eigenvalue weighted by Crippen LogP contribution is 2.26. The van der Waals surface area contributed by atoms with Gasteiger partial charge in [0.1, 0.15) is 0 Å². The lowest BCUT2D eigenvalue weighted by atomic mass is 10.1. The second-order valence-corrected chi connectivity index (χ2v) is 6.50. The fraction of sp³-hybridized carbons (Fsp3) is 0.353. The maximum atomic E-state index is 12.4. The number of nitriles is 1. The van der Waals surface area contributed by atoms with E-state index in [1.54, 1.807) is 11.8 Å². The van der Waals surface area contributed by atoms with Crippen molar-refractivity contribution in [2.75, 3.05) is 5.75 Å². The van der Waals surface area contributed by atoms with Gasteiger partial charge in [-0.05, 0) is 31.4 Å². The Morgan fingerprint density at radius 1 is 1.41 bits per heavy atom. The molecule has 1 aliphatic carbocycles. The molecule has 3 rings (SSSR count). The van der Waals surface area contributed by atoms with E-state index < -0.39 is 0 Å². The van der Waals surface area contributed by atoms with Crippen molar-refractivity contribution in [1.29, 1.82) is 5.26 Å². The van der Waals surface area contributed by atoms with Crippen LogP contribution >= 0.6 is 11.8 Å². The van der Waals surface area contributed by atoms with Gasteiger partial charge in [-0.3, -0.25) is 4.79 Å². The molecule has 112 valence electrons. The first-order chi connectivity index (χ1) is 10.8. The van der Waals surface area contributed by atoms with E-state index >= 15 is 0 Å². The van der Waals surface area contributed by atoms with Crippen LogP contribution in [0.4, 0.5) is 0 Å². The lowest BCUT2D eigenvalue weighted by Crippen LogP contribution is -2.25. The molecular formula is C17H17N3OS. The first-order valence-corrected chi connectivity index (χ1v) is 8.47. The van der Waals surface area contributed by atoms with Gasteiger partial charge in [-0.15, -0.1) is 11.8 Å². The number of hydrogen-bond acceptors (Lipinski definition) is 4. The third kappa shape index (κ3) is 3.58. The molecule has 0 saturated heterocycles. The quantitative estimate of drug-likeness (QED) is 0.655. The number of rotatable bonds is 6. The highest BCUT2D eigenvalue weighted by Gasteiger charge is 2.24. The van der Waals surface area contributed by atoms with Gasteiger partial charge in [0.2, 0.25) is 0 Å². The van der Waals surface area contributed by atoms with E-state index in [0.717, 1.165) is 40.9 Å². The maximum Gasteiger partial charge on any atom is 0.252 e. The van der Waals surface area contributed by atoms with Crippen molar-refractivity contribution in [3.05, 3.63) is 35.9 Å². The summed E-state index contributed by atoms with van der Waals surface area (Å²) in [6.07, 6.45) is 3.53. The zero-order chi connectivity index (χ0) is 15.4. The van der Waals surface area contributed by atoms with E-state index in [0.29, 0.717) is 18.0 Å². The first kappa shape index (κ1) is 14.9. The van der Waals surface area contributed by atoms with Gasteiger partial charge in [0.05, 0.1) is 22.2 Å². The number of benzene rings is 1. The topological polar surface area (TPSA) is 65.8 Å². The maximum absolute atomic E-state index is 12.4. The summed E-state index contributed by atoms with van der Waals surface area (Å²) in [5.41, 5.74) is 1.54. The molecule has 5 heteroatoms. The largest absolute Gasteiger partial charge is 0.349 e. The second-order valence-electron chi connectivity index (χ2n) is 5.38. The highest BCUT2D eigenvalue weighted by molar-refractivity contribution is 7.99. The minimum Gasteiger partial charge on any atom is -0.349 e. The van der Waals surface area contributed by atoms with E-state index in [1.807, 2.05) is 30.3 Å². The van der Waals surface area contributed by atoms with Crippen molar-refractivity contribution in [2.24, 2.45) is 0 Å². The number of thioether (sulfide) groups is 1. The molecular weight excluding hydrogens is 294 g/mol. The second kappa shape index (κ2) is 6.80. The van der Waals surface area contributed by atoms with Gasteiger partial charge in [-0.1, -0.05) is 18.2 Å². The number of nitrogens with zero attached hydrogens (tertiary/aromatic N) is 2. The van der Waals surface area contributed by atoms with E-state index in [2.05, 4.69) is 16.4 Å². The molecule has 0 unspecified atom stereocenters. The average Bonchev–Trinajstić information content (AvgIpc) is 3.34. The Hall–Kier alpha value is -2.06. The lowest BCUT2D eigenvalue weighted by Gasteiger charge is -2.09. The van der Waals surface area contributed by atoms with Gasteiger partial charge in [0.25, 0.3) is 5.91 Å². The fourth-order valence-corrected chi connectivity index (χ4v) is 3.09. The predicted octanol–water partition coefficient (Wildman–Crippen LogP) is 3.52. The Balaban J connectivity index is 1.86. The Kier molecular flexibility index (Phi) is 4.59. The summed E-state index contributed by atoms with van der Waals surface area (Å²) >= 11 is 1.60. The molecule has 0 aliphatic heterocycles. The molecule has 1 fully saturated rings. The third-order valence-corrected chi connectivity index (χ3v) is 4.53. The van der Waals surface area contributed by atoms with Crippen LogP contribution in [0.2, 0.25) is 0 Å². The summed E-state index contributed by atoms with van der Waals surface area (Å²) in [7, 11) is 0. The molecule has 2 aromatic rings. The Labute approximate surface area is 133 Å². The standard InChI is InChI=1S/C17H17N3OS/c18-9-3-4-10-22-16-11-14(17(21)19-12-7-8-12)13-5-1-2-6-15(13)20-16/h1-2,5-6,11-12H,3-4,7-8,10H2,(H,19,21). The van der Waals surface area contributed by atoms with Gasteiger partial charge >= 0.3 is 0 Å². The summed E-state index contributed by atoms with van der Waals surface area (Å²) < 4.78 is 0. The van der Waals surface area contributed by atoms with Gasteiger partial charge < -0.3 is 5.32 Å². The third-order valence-electron chi connectivity index (χ3n) is 3.53. The van der Waals surface area contributed by atoms with E-state index in [1.165, 1.54) is 0 Å². The number of para-hydroxylation sites is 1. The zero-order valence-corrected chi connectivity index (χ0v) is 13.0. The average molecular weight is 311 g/mol. The van der Waals surface area contributed by atoms with Crippen LogP contribution in [-0.2, 0) is 0 Å². The summed E-state index contributed by atoms with van der Waals surface area (Å²) in [5.74, 6) is 0.822. The molecule has 1 aromatic heterocycles. The van der Waals surface area contributed by atoms with Gasteiger partial charge in [0.15, 0.2) is 0 Å². The number of pyridine rings is 1. The fourth-order valence-electron chi connectivity index (χ4n) is 2.23. The number of unbranched alkanes of at least 4 members (excludes halogenated alkanes) is 1. The number of aromatic nitrogens is 1. The van der Waals surface area contributed by atoms with Gasteiger partial charge in [0, 0.05) is 23.6 Å². The summed E-state index contributed by atoms with van der Waals surface area (Å²) in [4.78, 5) is 17.1. The van der Waals surface area contributed by atoms with Crippen molar-refractivity contribution in [3.63, 3.8) is 0 Å². The van der Waals surface area contributed by atoms with Gasteiger partial charge in [-0.2, -0.15) is 5.26 Å². The van der Waals surface area contributed by atoms with Gasteiger partial charge in [-0.25, -0.2) is 4.98 Å². The lowest BCUT2D eigenvalue weighted by molar-refractivity contribution is 0.0952. The van der Waals surface area contributed by atoms with Crippen LogP contribution in [-0.4, -0.2) is 22.7 Å². The Morgan fingerprint density at radius 3 is 3.00 bits per heavy atom. The van der Waals surface area contributed by atoms with Crippen LogP contribution in [0.1, 0.15) is 36.0 Å². The molecule has 1 aliphatic rings. The molecule has 0 bridgehead atoms. The number of fused-ring (bicyclic) bond motifs is 1. The smallest absolute Gasteiger partial charge is 0.252 e. The Morgan fingerprint density at radius 2 is 2.23 bits per heavy atom. The number of nitrogens with one attached hydrogen (secondary N) is 1. The van der Waals surface area contributed by atoms with E-state index in [4.69, 9.17) is 5.26 Å². The highest BCUT2D eigenvalue weighted by atomic mass is 32.2. The monoisotopic (exact) mass is 311 g/mol. The molecule has 4 nitrogen and oxygen atoms in total. The normalized spacial score (nSPS) is 13.8. The van der Waals surface area contributed by atoms with Crippen LogP contribution < -0.4 is 5.32 Å². The summed E-state index contributed by atoms with van der Waals surface area (Å²) in [6.45, 7) is 0. The number of carbonyl (C=O) groups is 1. The molecule has 22 heavy (non-hydrogen) atoms. The van der Waals surface area contributed by atoms with Crippen molar-refractivity contribution < 1.29 is 4.79 Å². The summed E-state index contributed by atoms with van der Waals surface area (Å²) in [5, 5.41) is 13.4. The first-order valence-electron chi connectivity index (χ1n) is 7.48. The van der Waals surface area contributed by atoms with Crippen LogP contribution in [0.25, 0.3) is 10.9 Å². The van der Waals surface area contributed by atoms with Crippen LogP contribution in [0.3, 0.4) is 0 Å².